The van der Waals surface area contributed by atoms with Gasteiger partial charge in [0, 0.05) is 12.1 Å². The number of pyridine rings is 1. The number of oxime groups is 1. The van der Waals surface area contributed by atoms with Crippen LogP contribution < -0.4 is 0 Å². The highest BCUT2D eigenvalue weighted by Crippen LogP contribution is 2.18. The Hall–Kier alpha value is -1.42. The number of carbonyl (C=O) groups is 1. The van der Waals surface area contributed by atoms with Crippen LogP contribution in [-0.4, -0.2) is 22.2 Å². The summed E-state index contributed by atoms with van der Waals surface area (Å²) in [6.45, 7) is 1.75. The van der Waals surface area contributed by atoms with Gasteiger partial charge in [-0.25, -0.2) is 4.98 Å². The third-order valence-electron chi connectivity index (χ3n) is 1.93. The first-order chi connectivity index (χ1) is 6.69. The molecule has 0 aliphatic rings. The van der Waals surface area contributed by atoms with Crippen LogP contribution >= 0.6 is 11.6 Å². The van der Waals surface area contributed by atoms with E-state index in [1.807, 2.05) is 0 Å². The molecule has 14 heavy (non-hydrogen) atoms. The Morgan fingerprint density at radius 2 is 2.50 bits per heavy atom. The molecule has 0 aliphatic heterocycles. The SMILES string of the molecule is CC(C(C=O)=NO)c1ccnc(Cl)c1. The van der Waals surface area contributed by atoms with Crippen molar-refractivity contribution in [2.24, 2.45) is 5.16 Å². The molecule has 0 radical (unpaired) electrons. The summed E-state index contributed by atoms with van der Waals surface area (Å²) in [5, 5.41) is 11.8. The van der Waals surface area contributed by atoms with Gasteiger partial charge in [0.2, 0.25) is 0 Å². The van der Waals surface area contributed by atoms with Gasteiger partial charge < -0.3 is 5.21 Å². The topological polar surface area (TPSA) is 62.5 Å². The molecule has 4 nitrogen and oxygen atoms in total. The smallest absolute Gasteiger partial charge is 0.168 e. The minimum Gasteiger partial charge on any atom is -0.411 e. The number of hydrogen-bond donors (Lipinski definition) is 1. The van der Waals surface area contributed by atoms with Crippen molar-refractivity contribution in [2.45, 2.75) is 12.8 Å². The molecule has 0 saturated heterocycles. The predicted molar refractivity (Wildman–Crippen MR) is 52.9 cm³/mol. The Morgan fingerprint density at radius 1 is 1.79 bits per heavy atom. The van der Waals surface area contributed by atoms with Crippen molar-refractivity contribution in [1.29, 1.82) is 0 Å². The number of aromatic nitrogens is 1. The molecule has 1 aromatic rings. The minimum atomic E-state index is -0.294. The van der Waals surface area contributed by atoms with Crippen molar-refractivity contribution in [1.82, 2.24) is 4.98 Å². The molecule has 1 heterocycles. The molecule has 1 N–H and O–H groups in total. The fraction of sp³-hybridized carbons (Fsp3) is 0.222. The van der Waals surface area contributed by atoms with E-state index < -0.39 is 0 Å². The van der Waals surface area contributed by atoms with Crippen LogP contribution in [0.4, 0.5) is 0 Å². The quantitative estimate of drug-likeness (QED) is 0.274. The largest absolute Gasteiger partial charge is 0.411 e. The summed E-state index contributed by atoms with van der Waals surface area (Å²) in [7, 11) is 0. The number of halogens is 1. The van der Waals surface area contributed by atoms with Gasteiger partial charge in [-0.05, 0) is 17.7 Å². The van der Waals surface area contributed by atoms with Gasteiger partial charge in [0.15, 0.2) is 6.29 Å². The normalized spacial score (nSPS) is 13.7. The van der Waals surface area contributed by atoms with E-state index in [0.717, 1.165) is 5.56 Å². The molecule has 0 aromatic carbocycles. The van der Waals surface area contributed by atoms with Gasteiger partial charge in [0.1, 0.15) is 10.9 Å². The summed E-state index contributed by atoms with van der Waals surface area (Å²) in [5.74, 6) is -0.294. The third-order valence-corrected chi connectivity index (χ3v) is 2.14. The second-order valence-electron chi connectivity index (χ2n) is 2.78. The maximum atomic E-state index is 10.5. The van der Waals surface area contributed by atoms with E-state index in [-0.39, 0.29) is 11.6 Å². The molecule has 1 unspecified atom stereocenters. The van der Waals surface area contributed by atoms with E-state index in [9.17, 15) is 4.79 Å². The van der Waals surface area contributed by atoms with Crippen LogP contribution in [0.5, 0.6) is 0 Å². The van der Waals surface area contributed by atoms with E-state index in [2.05, 4.69) is 10.1 Å². The molecule has 0 saturated carbocycles. The van der Waals surface area contributed by atoms with Crippen molar-refractivity contribution in [2.75, 3.05) is 0 Å². The van der Waals surface area contributed by atoms with Gasteiger partial charge in [-0.1, -0.05) is 23.7 Å². The van der Waals surface area contributed by atoms with Crippen LogP contribution in [-0.2, 0) is 4.79 Å². The molecule has 0 aliphatic carbocycles. The van der Waals surface area contributed by atoms with Gasteiger partial charge in [-0.2, -0.15) is 0 Å². The van der Waals surface area contributed by atoms with Gasteiger partial charge >= 0.3 is 0 Å². The molecule has 0 spiro atoms. The van der Waals surface area contributed by atoms with E-state index in [1.54, 1.807) is 19.1 Å². The van der Waals surface area contributed by atoms with Crippen LogP contribution in [0.3, 0.4) is 0 Å². The lowest BCUT2D eigenvalue weighted by molar-refractivity contribution is -0.103. The lowest BCUT2D eigenvalue weighted by Gasteiger charge is -2.08. The fourth-order valence-corrected chi connectivity index (χ4v) is 1.25. The van der Waals surface area contributed by atoms with E-state index in [0.29, 0.717) is 11.4 Å². The summed E-state index contributed by atoms with van der Waals surface area (Å²) in [4.78, 5) is 14.3. The van der Waals surface area contributed by atoms with Crippen LogP contribution in [0.1, 0.15) is 18.4 Å². The molecular weight excluding hydrogens is 204 g/mol. The lowest BCUT2D eigenvalue weighted by atomic mass is 9.98. The Balaban J connectivity index is 2.99. The van der Waals surface area contributed by atoms with Gasteiger partial charge in [0.25, 0.3) is 0 Å². The molecule has 1 rings (SSSR count). The highest BCUT2D eigenvalue weighted by molar-refractivity contribution is 6.31. The standard InChI is InChI=1S/C9H9ClN2O2/c1-6(8(5-13)12-14)7-2-3-11-9(10)4-7/h2-6,14H,1H3. The molecule has 1 atom stereocenters. The van der Waals surface area contributed by atoms with Crippen LogP contribution in [0, 0.1) is 0 Å². The zero-order valence-electron chi connectivity index (χ0n) is 7.51. The number of hydrogen-bond acceptors (Lipinski definition) is 4. The van der Waals surface area contributed by atoms with Crippen molar-refractivity contribution in [3.8, 4) is 0 Å². The molecule has 74 valence electrons. The summed E-state index contributed by atoms with van der Waals surface area (Å²) in [5.41, 5.74) is 0.845. The summed E-state index contributed by atoms with van der Waals surface area (Å²) in [6, 6.07) is 3.34. The Kier molecular flexibility index (Phi) is 3.59. The van der Waals surface area contributed by atoms with Crippen LogP contribution in [0.2, 0.25) is 5.15 Å². The van der Waals surface area contributed by atoms with Crippen LogP contribution in [0.25, 0.3) is 0 Å². The summed E-state index contributed by atoms with van der Waals surface area (Å²) in [6.07, 6.45) is 2.05. The highest BCUT2D eigenvalue weighted by atomic mass is 35.5. The molecule has 1 aromatic heterocycles. The van der Waals surface area contributed by atoms with Crippen molar-refractivity contribution < 1.29 is 10.0 Å². The third kappa shape index (κ3) is 2.29. The fourth-order valence-electron chi connectivity index (χ4n) is 1.07. The first-order valence-corrected chi connectivity index (χ1v) is 4.35. The molecule has 0 fully saturated rings. The van der Waals surface area contributed by atoms with Crippen molar-refractivity contribution >= 4 is 23.6 Å². The first-order valence-electron chi connectivity index (χ1n) is 3.97. The second-order valence-corrected chi connectivity index (χ2v) is 3.16. The zero-order valence-corrected chi connectivity index (χ0v) is 8.27. The molecule has 5 heteroatoms. The number of aldehydes is 1. The average molecular weight is 213 g/mol. The first kappa shape index (κ1) is 10.7. The molecule has 0 bridgehead atoms. The Morgan fingerprint density at radius 3 is 3.00 bits per heavy atom. The minimum absolute atomic E-state index is 0.0623. The van der Waals surface area contributed by atoms with Gasteiger partial charge in [0.05, 0.1) is 0 Å². The van der Waals surface area contributed by atoms with E-state index in [1.165, 1.54) is 6.20 Å². The highest BCUT2D eigenvalue weighted by Gasteiger charge is 2.13. The average Bonchev–Trinajstić information content (AvgIpc) is 2.19. The summed E-state index contributed by atoms with van der Waals surface area (Å²) < 4.78 is 0. The van der Waals surface area contributed by atoms with Crippen molar-refractivity contribution in [3.05, 3.63) is 29.0 Å². The number of carbonyl (C=O) groups excluding carboxylic acids is 1. The zero-order chi connectivity index (χ0) is 10.6. The lowest BCUT2D eigenvalue weighted by Crippen LogP contribution is -2.10. The van der Waals surface area contributed by atoms with Gasteiger partial charge in [-0.15, -0.1) is 0 Å². The summed E-state index contributed by atoms with van der Waals surface area (Å²) >= 11 is 5.68. The van der Waals surface area contributed by atoms with E-state index >= 15 is 0 Å². The van der Waals surface area contributed by atoms with Gasteiger partial charge in [-0.3, -0.25) is 4.79 Å². The van der Waals surface area contributed by atoms with Crippen molar-refractivity contribution in [3.63, 3.8) is 0 Å². The molecular formula is C9H9ClN2O2. The maximum absolute atomic E-state index is 10.5. The Labute approximate surface area is 86.2 Å². The Bertz CT molecular complexity index is 366. The number of nitrogens with zero attached hydrogens (tertiary/aromatic N) is 2. The van der Waals surface area contributed by atoms with E-state index in [4.69, 9.17) is 16.8 Å². The predicted octanol–water partition coefficient (Wildman–Crippen LogP) is 1.87. The monoisotopic (exact) mass is 212 g/mol. The maximum Gasteiger partial charge on any atom is 0.168 e. The number of rotatable bonds is 3. The second kappa shape index (κ2) is 4.72. The van der Waals surface area contributed by atoms with Crippen LogP contribution in [0.15, 0.2) is 23.5 Å². The molecule has 0 amide bonds.